The Balaban J connectivity index is 2.35. The largest absolute Gasteiger partial charge is 0.378 e. The van der Waals surface area contributed by atoms with Crippen molar-refractivity contribution in [3.05, 3.63) is 106 Å². The van der Waals surface area contributed by atoms with Gasteiger partial charge in [-0.15, -0.1) is 0 Å². The molecule has 2 unspecified atom stereocenters. The standard InChI is InChI=1S/C39H53NSi/c1-26-18-27(2)20-35(19-26)41(34-17-15-16-33(24-34)40(13)14,39(12)25-28(3)29(4)30(39)5)36-22-31(37(6,7)8)21-32(23-36)38(9,10)11/h15-25H,1-14H3. The molecule has 1 nitrogen and oxygen atoms in total. The van der Waals surface area contributed by atoms with Gasteiger partial charge in [0.2, 0.25) is 0 Å². The van der Waals surface area contributed by atoms with Gasteiger partial charge in [0.1, 0.15) is 0 Å². The Hall–Kier alpha value is -2.84. The average molecular weight is 564 g/mol. The van der Waals surface area contributed by atoms with Crippen LogP contribution in [-0.4, -0.2) is 22.2 Å². The zero-order valence-corrected chi connectivity index (χ0v) is 29.3. The van der Waals surface area contributed by atoms with E-state index in [1.54, 1.807) is 0 Å². The van der Waals surface area contributed by atoms with Crippen molar-refractivity contribution in [1.82, 2.24) is 0 Å². The van der Waals surface area contributed by atoms with Gasteiger partial charge in [-0.3, -0.25) is 0 Å². The molecular weight excluding hydrogens is 511 g/mol. The van der Waals surface area contributed by atoms with Gasteiger partial charge in [0.15, 0.2) is 8.07 Å². The molecule has 0 heterocycles. The molecule has 0 spiro atoms. The Bertz CT molecular complexity index is 1490. The quantitative estimate of drug-likeness (QED) is 0.222. The van der Waals surface area contributed by atoms with Crippen LogP contribution in [0.5, 0.6) is 0 Å². The van der Waals surface area contributed by atoms with Crippen LogP contribution in [0.15, 0.2) is 83.5 Å². The van der Waals surface area contributed by atoms with Crippen molar-refractivity contribution < 1.29 is 0 Å². The van der Waals surface area contributed by atoms with E-state index < -0.39 is 8.07 Å². The fraction of sp³-hybridized carbons (Fsp3) is 0.436. The predicted octanol–water partition coefficient (Wildman–Crippen LogP) is 8.49. The molecule has 3 aromatic carbocycles. The third kappa shape index (κ3) is 5.29. The molecule has 1 aliphatic rings. The maximum absolute atomic E-state index is 2.78. The van der Waals surface area contributed by atoms with E-state index in [1.807, 2.05) is 0 Å². The van der Waals surface area contributed by atoms with E-state index in [2.05, 4.69) is 169 Å². The summed E-state index contributed by atoms with van der Waals surface area (Å²) in [6.07, 6.45) is 2.63. The summed E-state index contributed by atoms with van der Waals surface area (Å²) in [5, 5.41) is 4.34. The van der Waals surface area contributed by atoms with Gasteiger partial charge in [0.25, 0.3) is 0 Å². The summed E-state index contributed by atoms with van der Waals surface area (Å²) in [4.78, 5) is 2.25. The summed E-state index contributed by atoms with van der Waals surface area (Å²) in [6, 6.07) is 24.5. The lowest BCUT2D eigenvalue weighted by Gasteiger charge is -2.48. The first-order valence-electron chi connectivity index (χ1n) is 15.2. The van der Waals surface area contributed by atoms with Crippen molar-refractivity contribution in [2.45, 2.75) is 99.0 Å². The smallest absolute Gasteiger partial charge is 0.161 e. The van der Waals surface area contributed by atoms with Crippen molar-refractivity contribution in [2.24, 2.45) is 0 Å². The minimum absolute atomic E-state index is 0.0350. The SMILES string of the molecule is CC1=CC(C)([Si](c2cc(C)cc(C)c2)(c2cccc(N(C)C)c2)c2cc(C(C)(C)C)cc(C(C)(C)C)c2)C(C)=C1C. The molecule has 2 heteroatoms. The van der Waals surface area contributed by atoms with Crippen LogP contribution in [0.1, 0.15) is 91.5 Å². The Labute approximate surface area is 252 Å². The normalized spacial score (nSPS) is 19.3. The molecule has 0 saturated heterocycles. The number of hydrogen-bond donors (Lipinski definition) is 0. The van der Waals surface area contributed by atoms with Crippen LogP contribution in [-0.2, 0) is 10.8 Å². The molecule has 4 rings (SSSR count). The minimum Gasteiger partial charge on any atom is -0.378 e. The molecule has 218 valence electrons. The van der Waals surface area contributed by atoms with Crippen LogP contribution in [0.3, 0.4) is 0 Å². The highest BCUT2D eigenvalue weighted by Crippen LogP contribution is 2.53. The predicted molar refractivity (Wildman–Crippen MR) is 186 cm³/mol. The topological polar surface area (TPSA) is 3.24 Å². The fourth-order valence-electron chi connectivity index (χ4n) is 7.04. The Morgan fingerprint density at radius 1 is 0.634 bits per heavy atom. The molecule has 0 aromatic heterocycles. The summed E-state index contributed by atoms with van der Waals surface area (Å²) in [5.74, 6) is 0. The molecule has 41 heavy (non-hydrogen) atoms. The lowest BCUT2D eigenvalue weighted by Crippen LogP contribution is -2.73. The highest BCUT2D eigenvalue weighted by atomic mass is 28.3. The van der Waals surface area contributed by atoms with Gasteiger partial charge >= 0.3 is 0 Å². The summed E-state index contributed by atoms with van der Waals surface area (Å²) in [5.41, 5.74) is 11.2. The molecule has 0 bridgehead atoms. The zero-order chi connectivity index (χ0) is 30.7. The van der Waals surface area contributed by atoms with E-state index in [1.165, 1.54) is 60.2 Å². The molecule has 0 saturated carbocycles. The molecule has 0 N–H and O–H groups in total. The van der Waals surface area contributed by atoms with E-state index in [9.17, 15) is 0 Å². The van der Waals surface area contributed by atoms with Gasteiger partial charge in [-0.1, -0.05) is 125 Å². The molecule has 1 aliphatic carbocycles. The second-order valence-corrected chi connectivity index (χ2v) is 19.4. The minimum atomic E-state index is -2.78. The van der Waals surface area contributed by atoms with Crippen LogP contribution < -0.4 is 20.5 Å². The van der Waals surface area contributed by atoms with Gasteiger partial charge in [0.05, 0.1) is 0 Å². The van der Waals surface area contributed by atoms with E-state index in [0.29, 0.717) is 0 Å². The highest BCUT2D eigenvalue weighted by molar-refractivity contribution is 7.14. The van der Waals surface area contributed by atoms with Gasteiger partial charge in [0, 0.05) is 24.8 Å². The number of benzene rings is 3. The average Bonchev–Trinajstić information content (AvgIpc) is 3.05. The highest BCUT2D eigenvalue weighted by Gasteiger charge is 2.56. The summed E-state index contributed by atoms with van der Waals surface area (Å²) in [6.45, 7) is 28.3. The molecule has 0 aliphatic heterocycles. The molecule has 0 fully saturated rings. The van der Waals surface area contributed by atoms with E-state index in [0.717, 1.165) is 0 Å². The van der Waals surface area contributed by atoms with Gasteiger partial charge in [-0.25, -0.2) is 0 Å². The monoisotopic (exact) mass is 563 g/mol. The molecule has 0 radical (unpaired) electrons. The van der Waals surface area contributed by atoms with Crippen molar-refractivity contribution in [1.29, 1.82) is 0 Å². The molecule has 2 atom stereocenters. The number of nitrogens with zero attached hydrogens (tertiary/aromatic N) is 1. The number of aryl methyl sites for hydroxylation is 2. The zero-order valence-electron chi connectivity index (χ0n) is 28.3. The second-order valence-electron chi connectivity index (χ2n) is 15.1. The number of anilines is 1. The third-order valence-electron chi connectivity index (χ3n) is 9.77. The summed E-state index contributed by atoms with van der Waals surface area (Å²) >= 11 is 0. The van der Waals surface area contributed by atoms with Crippen LogP contribution in [0.2, 0.25) is 5.04 Å². The first-order valence-corrected chi connectivity index (χ1v) is 17.2. The third-order valence-corrected chi connectivity index (χ3v) is 15.3. The number of hydrogen-bond acceptors (Lipinski definition) is 1. The van der Waals surface area contributed by atoms with Crippen LogP contribution >= 0.6 is 0 Å². The van der Waals surface area contributed by atoms with Gasteiger partial charge < -0.3 is 4.90 Å². The molecular formula is C39H53NSi. The van der Waals surface area contributed by atoms with Crippen molar-refractivity contribution in [3.63, 3.8) is 0 Å². The summed E-state index contributed by atoms with van der Waals surface area (Å²) in [7, 11) is 1.54. The van der Waals surface area contributed by atoms with Crippen molar-refractivity contribution >= 4 is 29.3 Å². The maximum atomic E-state index is 2.63. The van der Waals surface area contributed by atoms with Gasteiger partial charge in [-0.2, -0.15) is 0 Å². The van der Waals surface area contributed by atoms with Crippen molar-refractivity contribution in [2.75, 3.05) is 19.0 Å². The van der Waals surface area contributed by atoms with Crippen LogP contribution in [0.25, 0.3) is 0 Å². The second kappa shape index (κ2) is 10.5. The maximum Gasteiger partial charge on any atom is 0.161 e. The first kappa shape index (κ1) is 31.1. The Kier molecular flexibility index (Phi) is 7.93. The lowest BCUT2D eigenvalue weighted by molar-refractivity contribution is 0.569. The first-order chi connectivity index (χ1) is 18.8. The van der Waals surface area contributed by atoms with E-state index >= 15 is 0 Å². The van der Waals surface area contributed by atoms with E-state index in [4.69, 9.17) is 0 Å². The fourth-order valence-corrected chi connectivity index (χ4v) is 13.4. The van der Waals surface area contributed by atoms with Gasteiger partial charge in [-0.05, 0) is 89.8 Å². The van der Waals surface area contributed by atoms with Crippen LogP contribution in [0.4, 0.5) is 5.69 Å². The Morgan fingerprint density at radius 3 is 1.59 bits per heavy atom. The molecule has 3 aromatic rings. The lowest BCUT2D eigenvalue weighted by atomic mass is 9.81. The molecule has 0 amide bonds. The van der Waals surface area contributed by atoms with E-state index in [-0.39, 0.29) is 15.9 Å². The van der Waals surface area contributed by atoms with Crippen molar-refractivity contribution in [3.8, 4) is 0 Å². The summed E-state index contributed by atoms with van der Waals surface area (Å²) < 4.78 is 0. The number of rotatable bonds is 5. The van der Waals surface area contributed by atoms with Crippen LogP contribution in [0, 0.1) is 13.8 Å². The Morgan fingerprint density at radius 2 is 1.15 bits per heavy atom. The number of allylic oxidation sites excluding steroid dienone is 4.